The van der Waals surface area contributed by atoms with Gasteiger partial charge in [0.1, 0.15) is 23.7 Å². The summed E-state index contributed by atoms with van der Waals surface area (Å²) in [6, 6.07) is 3.91. The quantitative estimate of drug-likeness (QED) is 0.887. The van der Waals surface area contributed by atoms with Gasteiger partial charge in [0.2, 0.25) is 5.91 Å². The molecule has 7 heteroatoms. The lowest BCUT2D eigenvalue weighted by atomic mass is 10.2. The molecule has 2 aliphatic rings. The van der Waals surface area contributed by atoms with Gasteiger partial charge in [-0.25, -0.2) is 9.97 Å². The first-order valence-electron chi connectivity index (χ1n) is 7.87. The third kappa shape index (κ3) is 2.40. The molecule has 1 aliphatic carbocycles. The summed E-state index contributed by atoms with van der Waals surface area (Å²) in [5.41, 5.74) is 0.851. The number of nitrogens with one attached hydrogen (secondary N) is 2. The molecule has 4 rings (SSSR count). The summed E-state index contributed by atoms with van der Waals surface area (Å²) < 4.78 is 0. The maximum atomic E-state index is 11.7. The Kier molecular flexibility index (Phi) is 3.18. The van der Waals surface area contributed by atoms with E-state index in [0.29, 0.717) is 17.8 Å². The summed E-state index contributed by atoms with van der Waals surface area (Å²) in [4.78, 5) is 25.5. The molecule has 1 aliphatic heterocycles. The lowest BCUT2D eigenvalue weighted by molar-refractivity contribution is -0.129. The number of hydrogen-bond donors (Lipinski definition) is 2. The van der Waals surface area contributed by atoms with Crippen LogP contribution in [0.15, 0.2) is 12.3 Å². The number of rotatable bonds is 4. The molecule has 118 valence electrons. The summed E-state index contributed by atoms with van der Waals surface area (Å²) >= 11 is 0. The Hall–Kier alpha value is -2.62. The number of piperidine rings is 1. The van der Waals surface area contributed by atoms with Crippen molar-refractivity contribution in [3.8, 4) is 6.07 Å². The average molecular weight is 310 g/mol. The van der Waals surface area contributed by atoms with Gasteiger partial charge in [0.15, 0.2) is 0 Å². The molecule has 3 heterocycles. The number of fused-ring (bicyclic) bond motifs is 2. The van der Waals surface area contributed by atoms with Crippen LogP contribution >= 0.6 is 0 Å². The van der Waals surface area contributed by atoms with E-state index in [1.807, 2.05) is 30.2 Å². The summed E-state index contributed by atoms with van der Waals surface area (Å²) in [6.07, 6.45) is 1.86. The summed E-state index contributed by atoms with van der Waals surface area (Å²) in [5.74, 6) is 3.30. The Balaban J connectivity index is 1.36. The van der Waals surface area contributed by atoms with Gasteiger partial charge in [0.05, 0.1) is 11.5 Å². The summed E-state index contributed by atoms with van der Waals surface area (Å²) in [7, 11) is 0. The second-order valence-corrected chi connectivity index (χ2v) is 6.37. The van der Waals surface area contributed by atoms with Crippen LogP contribution in [0.3, 0.4) is 0 Å². The van der Waals surface area contributed by atoms with Crippen LogP contribution < -0.4 is 5.32 Å². The van der Waals surface area contributed by atoms with E-state index in [2.05, 4.69) is 20.3 Å². The maximum absolute atomic E-state index is 11.7. The molecule has 1 saturated heterocycles. The van der Waals surface area contributed by atoms with Crippen molar-refractivity contribution in [2.45, 2.75) is 13.3 Å². The predicted octanol–water partition coefficient (Wildman–Crippen LogP) is 1.30. The molecule has 2 aromatic rings. The van der Waals surface area contributed by atoms with E-state index >= 15 is 0 Å². The molecule has 2 fully saturated rings. The van der Waals surface area contributed by atoms with Crippen molar-refractivity contribution in [1.29, 1.82) is 5.26 Å². The zero-order chi connectivity index (χ0) is 16.0. The van der Waals surface area contributed by atoms with Crippen LogP contribution in [0.1, 0.15) is 12.2 Å². The van der Waals surface area contributed by atoms with E-state index in [1.165, 1.54) is 0 Å². The van der Waals surface area contributed by atoms with Gasteiger partial charge in [-0.3, -0.25) is 4.79 Å². The maximum Gasteiger partial charge on any atom is 0.236 e. The number of amides is 1. The second kappa shape index (κ2) is 5.23. The zero-order valence-corrected chi connectivity index (χ0v) is 12.9. The van der Waals surface area contributed by atoms with Gasteiger partial charge in [0, 0.05) is 25.8 Å². The second-order valence-electron chi connectivity index (χ2n) is 6.37. The molecule has 3 atom stereocenters. The van der Waals surface area contributed by atoms with Gasteiger partial charge in [0.25, 0.3) is 0 Å². The van der Waals surface area contributed by atoms with Crippen molar-refractivity contribution >= 4 is 22.8 Å². The van der Waals surface area contributed by atoms with Gasteiger partial charge in [-0.1, -0.05) is 0 Å². The van der Waals surface area contributed by atoms with Crippen molar-refractivity contribution in [3.63, 3.8) is 0 Å². The largest absolute Gasteiger partial charge is 0.369 e. The van der Waals surface area contributed by atoms with E-state index in [-0.39, 0.29) is 12.3 Å². The highest BCUT2D eigenvalue weighted by molar-refractivity contribution is 5.87. The minimum atomic E-state index is -0.0353. The summed E-state index contributed by atoms with van der Waals surface area (Å²) in [5, 5.41) is 13.1. The molecular formula is C16H18N6O. The van der Waals surface area contributed by atoms with Gasteiger partial charge in [-0.2, -0.15) is 5.26 Å². The van der Waals surface area contributed by atoms with Crippen molar-refractivity contribution in [2.75, 3.05) is 25.0 Å². The monoisotopic (exact) mass is 310 g/mol. The molecule has 0 unspecified atom stereocenters. The number of hydrogen-bond acceptors (Lipinski definition) is 5. The zero-order valence-electron chi connectivity index (χ0n) is 12.9. The van der Waals surface area contributed by atoms with Crippen molar-refractivity contribution in [2.24, 2.45) is 17.8 Å². The van der Waals surface area contributed by atoms with Gasteiger partial charge in [-0.15, -0.1) is 0 Å². The molecule has 0 radical (unpaired) electrons. The number of H-pyrrole nitrogens is 1. The van der Waals surface area contributed by atoms with Gasteiger partial charge >= 0.3 is 0 Å². The molecule has 1 saturated carbocycles. The van der Waals surface area contributed by atoms with E-state index in [1.54, 1.807) is 0 Å². The third-order valence-corrected chi connectivity index (χ3v) is 4.99. The van der Waals surface area contributed by atoms with Crippen LogP contribution in [0.5, 0.6) is 0 Å². The Morgan fingerprint density at radius 3 is 3.00 bits per heavy atom. The molecule has 23 heavy (non-hydrogen) atoms. The Morgan fingerprint density at radius 2 is 2.26 bits per heavy atom. The number of likely N-dealkylation sites (tertiary alicyclic amines) is 1. The fourth-order valence-electron chi connectivity index (χ4n) is 3.74. The molecule has 2 aromatic heterocycles. The Bertz CT molecular complexity index is 794. The van der Waals surface area contributed by atoms with Crippen LogP contribution in [0.4, 0.5) is 5.82 Å². The molecule has 0 spiro atoms. The standard InChI is InChI=1S/C16H18N6O/c1-9-20-15-10(3-5-18-15)16(21-9)19-6-11-12-7-22(8-13(11)12)14(23)2-4-17/h3,5,11-13H,2,6-8H2,1H3,(H2,18,19,20,21)/t11-,12+,13-. The first-order valence-corrected chi connectivity index (χ1v) is 7.87. The molecule has 1 amide bonds. The van der Waals surface area contributed by atoms with Crippen molar-refractivity contribution in [1.82, 2.24) is 19.9 Å². The topological polar surface area (TPSA) is 97.7 Å². The van der Waals surface area contributed by atoms with Gasteiger partial charge in [-0.05, 0) is 30.7 Å². The minimum absolute atomic E-state index is 0.00591. The predicted molar refractivity (Wildman–Crippen MR) is 84.4 cm³/mol. The first kappa shape index (κ1) is 14.0. The number of anilines is 1. The number of aromatic amines is 1. The highest BCUT2D eigenvalue weighted by atomic mass is 16.2. The van der Waals surface area contributed by atoms with E-state index in [4.69, 9.17) is 5.26 Å². The van der Waals surface area contributed by atoms with Crippen LogP contribution in [0.2, 0.25) is 0 Å². The van der Waals surface area contributed by atoms with Gasteiger partial charge < -0.3 is 15.2 Å². The van der Waals surface area contributed by atoms with Crippen LogP contribution in [-0.2, 0) is 4.79 Å². The van der Waals surface area contributed by atoms with Crippen LogP contribution in [-0.4, -0.2) is 45.4 Å². The number of aromatic nitrogens is 3. The van der Waals surface area contributed by atoms with E-state index in [0.717, 1.165) is 42.3 Å². The number of nitrogens with zero attached hydrogens (tertiary/aromatic N) is 4. The fraction of sp³-hybridized carbons (Fsp3) is 0.500. The van der Waals surface area contributed by atoms with Crippen molar-refractivity contribution in [3.05, 3.63) is 18.1 Å². The molecule has 7 nitrogen and oxygen atoms in total. The smallest absolute Gasteiger partial charge is 0.236 e. The lowest BCUT2D eigenvalue weighted by Crippen LogP contribution is -2.32. The normalized spacial score (nSPS) is 25.2. The highest BCUT2D eigenvalue weighted by Crippen LogP contribution is 2.51. The van der Waals surface area contributed by atoms with E-state index < -0.39 is 0 Å². The molecule has 0 aromatic carbocycles. The van der Waals surface area contributed by atoms with Crippen molar-refractivity contribution < 1.29 is 4.79 Å². The number of carbonyl (C=O) groups is 1. The number of nitriles is 1. The number of aryl methyl sites for hydroxylation is 1. The Labute approximate surface area is 133 Å². The molecule has 2 N–H and O–H groups in total. The fourth-order valence-corrected chi connectivity index (χ4v) is 3.74. The molecule has 0 bridgehead atoms. The van der Waals surface area contributed by atoms with Crippen LogP contribution in [0, 0.1) is 36.0 Å². The van der Waals surface area contributed by atoms with Crippen LogP contribution in [0.25, 0.3) is 11.0 Å². The molecular weight excluding hydrogens is 292 g/mol. The number of carbonyl (C=O) groups excluding carboxylic acids is 1. The summed E-state index contributed by atoms with van der Waals surface area (Å²) in [6.45, 7) is 4.34. The third-order valence-electron chi connectivity index (χ3n) is 4.99. The Morgan fingerprint density at radius 1 is 1.48 bits per heavy atom. The first-order chi connectivity index (χ1) is 11.2. The van der Waals surface area contributed by atoms with E-state index in [9.17, 15) is 4.79 Å². The lowest BCUT2D eigenvalue weighted by Gasteiger charge is -2.18. The minimum Gasteiger partial charge on any atom is -0.369 e. The SMILES string of the molecule is Cc1nc(NC[C@H]2[C@H]3CN(C(=O)CC#N)C[C@@H]23)c2cc[nH]c2n1. The average Bonchev–Trinajstić information content (AvgIpc) is 2.93. The highest BCUT2D eigenvalue weighted by Gasteiger charge is 2.56.